The van der Waals surface area contributed by atoms with E-state index < -0.39 is 5.97 Å². The minimum atomic E-state index is -1.09. The Morgan fingerprint density at radius 3 is 2.63 bits per heavy atom. The van der Waals surface area contributed by atoms with E-state index in [1.165, 1.54) is 12.3 Å². The highest BCUT2D eigenvalue weighted by Gasteiger charge is 2.14. The molecule has 1 aromatic heterocycles. The normalized spacial score (nSPS) is 9.95. The Morgan fingerprint density at radius 1 is 1.21 bits per heavy atom. The summed E-state index contributed by atoms with van der Waals surface area (Å²) in [6.07, 6.45) is 1.48. The molecule has 0 unspecified atom stereocenters. The minimum absolute atomic E-state index is 0.00815. The van der Waals surface area contributed by atoms with Gasteiger partial charge >= 0.3 is 5.97 Å². The monoisotopic (exact) mass is 259 g/mol. The molecule has 19 heavy (non-hydrogen) atoms. The van der Waals surface area contributed by atoms with Crippen LogP contribution < -0.4 is 9.47 Å². The first-order valence-corrected chi connectivity index (χ1v) is 5.80. The largest absolute Gasteiger partial charge is 0.490 e. The fourth-order valence-corrected chi connectivity index (χ4v) is 1.55. The summed E-state index contributed by atoms with van der Waals surface area (Å²) in [4.78, 5) is 15.0. The lowest BCUT2D eigenvalue weighted by Crippen LogP contribution is -2.02. The van der Waals surface area contributed by atoms with E-state index in [0.29, 0.717) is 18.1 Å². The van der Waals surface area contributed by atoms with Crippen LogP contribution in [0.2, 0.25) is 0 Å². The molecule has 0 amide bonds. The van der Waals surface area contributed by atoms with Crippen molar-refractivity contribution in [2.45, 2.75) is 6.92 Å². The molecule has 0 bridgehead atoms. The molecular weight excluding hydrogens is 246 g/mol. The van der Waals surface area contributed by atoms with Crippen LogP contribution in [0.3, 0.4) is 0 Å². The van der Waals surface area contributed by atoms with Crippen molar-refractivity contribution in [3.05, 3.63) is 48.2 Å². The number of carboxylic acid groups (broad SMARTS) is 1. The van der Waals surface area contributed by atoms with Crippen LogP contribution in [-0.2, 0) is 0 Å². The van der Waals surface area contributed by atoms with Crippen LogP contribution >= 0.6 is 0 Å². The second-order valence-electron chi connectivity index (χ2n) is 3.64. The third kappa shape index (κ3) is 3.01. The Labute approximate surface area is 110 Å². The second-order valence-corrected chi connectivity index (χ2v) is 3.64. The van der Waals surface area contributed by atoms with Crippen molar-refractivity contribution >= 4 is 5.97 Å². The lowest BCUT2D eigenvalue weighted by molar-refractivity contribution is 0.0693. The average molecular weight is 259 g/mol. The Kier molecular flexibility index (Phi) is 3.97. The van der Waals surface area contributed by atoms with Crippen LogP contribution in [0.5, 0.6) is 17.4 Å². The van der Waals surface area contributed by atoms with Gasteiger partial charge in [0.25, 0.3) is 0 Å². The first-order valence-electron chi connectivity index (χ1n) is 5.80. The summed E-state index contributed by atoms with van der Waals surface area (Å²) < 4.78 is 10.9. The molecule has 1 aromatic carbocycles. The number of ether oxygens (including phenoxy) is 2. The highest BCUT2D eigenvalue weighted by Crippen LogP contribution is 2.31. The zero-order chi connectivity index (χ0) is 13.7. The van der Waals surface area contributed by atoms with E-state index in [-0.39, 0.29) is 11.4 Å². The van der Waals surface area contributed by atoms with Gasteiger partial charge in [0.1, 0.15) is 5.56 Å². The van der Waals surface area contributed by atoms with Gasteiger partial charge in [-0.25, -0.2) is 9.78 Å². The number of carboxylic acids is 1. The van der Waals surface area contributed by atoms with Gasteiger partial charge in [0, 0.05) is 6.20 Å². The van der Waals surface area contributed by atoms with Crippen LogP contribution in [0.4, 0.5) is 0 Å². The molecular formula is C14H13NO4. The minimum Gasteiger partial charge on any atom is -0.490 e. The molecule has 0 saturated heterocycles. The summed E-state index contributed by atoms with van der Waals surface area (Å²) in [6, 6.07) is 10.0. The summed E-state index contributed by atoms with van der Waals surface area (Å²) in [5, 5.41) is 9.07. The Bertz CT molecular complexity index is 583. The highest BCUT2D eigenvalue weighted by molar-refractivity contribution is 5.90. The molecule has 2 rings (SSSR count). The van der Waals surface area contributed by atoms with Crippen molar-refractivity contribution in [2.24, 2.45) is 0 Å². The van der Waals surface area contributed by atoms with Crippen LogP contribution in [0.25, 0.3) is 0 Å². The topological polar surface area (TPSA) is 68.7 Å². The van der Waals surface area contributed by atoms with Gasteiger partial charge in [0.05, 0.1) is 6.61 Å². The first-order chi connectivity index (χ1) is 9.22. The van der Waals surface area contributed by atoms with Crippen molar-refractivity contribution in [1.29, 1.82) is 0 Å². The zero-order valence-corrected chi connectivity index (χ0v) is 10.4. The lowest BCUT2D eigenvalue weighted by atomic mass is 10.2. The molecule has 0 aliphatic heterocycles. The number of rotatable bonds is 5. The maximum atomic E-state index is 11.1. The summed E-state index contributed by atoms with van der Waals surface area (Å²) in [7, 11) is 0. The van der Waals surface area contributed by atoms with Gasteiger partial charge in [0.2, 0.25) is 5.88 Å². The predicted molar refractivity (Wildman–Crippen MR) is 68.9 cm³/mol. The van der Waals surface area contributed by atoms with Gasteiger partial charge in [-0.3, -0.25) is 0 Å². The van der Waals surface area contributed by atoms with Gasteiger partial charge in [0.15, 0.2) is 11.5 Å². The molecule has 5 heteroatoms. The maximum absolute atomic E-state index is 11.1. The van der Waals surface area contributed by atoms with E-state index in [2.05, 4.69) is 4.98 Å². The third-order valence-electron chi connectivity index (χ3n) is 2.36. The van der Waals surface area contributed by atoms with E-state index in [1.54, 1.807) is 24.3 Å². The Balaban J connectivity index is 2.34. The van der Waals surface area contributed by atoms with E-state index in [0.717, 1.165) is 0 Å². The van der Waals surface area contributed by atoms with E-state index in [4.69, 9.17) is 14.6 Å². The second kappa shape index (κ2) is 5.86. The SMILES string of the molecule is CCOc1ccccc1Oc1ncccc1C(=O)O. The zero-order valence-electron chi connectivity index (χ0n) is 10.4. The standard InChI is InChI=1S/C14H13NO4/c1-2-18-11-7-3-4-8-12(11)19-13-10(14(16)17)6-5-9-15-13/h3-9H,2H2,1H3,(H,16,17). The number of aromatic carboxylic acids is 1. The van der Waals surface area contributed by atoms with E-state index in [1.807, 2.05) is 13.0 Å². The molecule has 0 spiro atoms. The average Bonchev–Trinajstić information content (AvgIpc) is 2.42. The number of aromatic nitrogens is 1. The Morgan fingerprint density at radius 2 is 1.95 bits per heavy atom. The highest BCUT2D eigenvalue weighted by atomic mass is 16.5. The summed E-state index contributed by atoms with van der Waals surface area (Å²) in [5.74, 6) is -0.0586. The number of para-hydroxylation sites is 2. The smallest absolute Gasteiger partial charge is 0.341 e. The maximum Gasteiger partial charge on any atom is 0.341 e. The van der Waals surface area contributed by atoms with Crippen LogP contribution in [0.1, 0.15) is 17.3 Å². The van der Waals surface area contributed by atoms with Crippen LogP contribution in [-0.4, -0.2) is 22.7 Å². The molecule has 98 valence electrons. The fourth-order valence-electron chi connectivity index (χ4n) is 1.55. The molecule has 0 aliphatic rings. The van der Waals surface area contributed by atoms with E-state index >= 15 is 0 Å². The predicted octanol–water partition coefficient (Wildman–Crippen LogP) is 2.97. The summed E-state index contributed by atoms with van der Waals surface area (Å²) in [5.41, 5.74) is 0.00815. The molecule has 0 radical (unpaired) electrons. The molecule has 0 saturated carbocycles. The molecule has 2 aromatic rings. The van der Waals surface area contributed by atoms with E-state index in [9.17, 15) is 4.79 Å². The number of hydrogen-bond donors (Lipinski definition) is 1. The quantitative estimate of drug-likeness (QED) is 0.893. The fraction of sp³-hybridized carbons (Fsp3) is 0.143. The summed E-state index contributed by atoms with van der Waals surface area (Å²) >= 11 is 0. The number of carbonyl (C=O) groups is 1. The number of hydrogen-bond acceptors (Lipinski definition) is 4. The third-order valence-corrected chi connectivity index (χ3v) is 2.36. The lowest BCUT2D eigenvalue weighted by Gasteiger charge is -2.11. The van der Waals surface area contributed by atoms with Gasteiger partial charge in [-0.2, -0.15) is 0 Å². The van der Waals surface area contributed by atoms with Gasteiger partial charge in [-0.05, 0) is 31.2 Å². The van der Waals surface area contributed by atoms with Crippen LogP contribution in [0, 0.1) is 0 Å². The van der Waals surface area contributed by atoms with Crippen molar-refractivity contribution in [1.82, 2.24) is 4.98 Å². The van der Waals surface area contributed by atoms with Crippen molar-refractivity contribution < 1.29 is 19.4 Å². The summed E-state index contributed by atoms with van der Waals surface area (Å²) in [6.45, 7) is 2.36. The number of benzene rings is 1. The molecule has 0 atom stereocenters. The molecule has 0 fully saturated rings. The number of nitrogens with zero attached hydrogens (tertiary/aromatic N) is 1. The number of pyridine rings is 1. The van der Waals surface area contributed by atoms with Gasteiger partial charge < -0.3 is 14.6 Å². The van der Waals surface area contributed by atoms with Gasteiger partial charge in [-0.1, -0.05) is 12.1 Å². The Hall–Kier alpha value is -2.56. The molecule has 5 nitrogen and oxygen atoms in total. The molecule has 1 heterocycles. The first kappa shape index (κ1) is 12.9. The van der Waals surface area contributed by atoms with Crippen molar-refractivity contribution in [2.75, 3.05) is 6.61 Å². The molecule has 0 aliphatic carbocycles. The van der Waals surface area contributed by atoms with Gasteiger partial charge in [-0.15, -0.1) is 0 Å². The molecule has 1 N–H and O–H groups in total. The van der Waals surface area contributed by atoms with Crippen molar-refractivity contribution in [3.8, 4) is 17.4 Å². The van der Waals surface area contributed by atoms with Crippen LogP contribution in [0.15, 0.2) is 42.6 Å². The van der Waals surface area contributed by atoms with Crippen molar-refractivity contribution in [3.63, 3.8) is 0 Å².